The maximum absolute atomic E-state index is 12.6. The van der Waals surface area contributed by atoms with Gasteiger partial charge in [0.1, 0.15) is 0 Å². The summed E-state index contributed by atoms with van der Waals surface area (Å²) in [6.07, 6.45) is -1.44. The summed E-state index contributed by atoms with van der Waals surface area (Å²) in [5, 5.41) is 0.680. The molecule has 1 aromatic rings. The topological polar surface area (TPSA) is 12.9 Å². The Bertz CT molecular complexity index is 325. The number of pyridine rings is 1. The van der Waals surface area contributed by atoms with Crippen molar-refractivity contribution in [1.29, 1.82) is 0 Å². The van der Waals surface area contributed by atoms with E-state index in [-0.39, 0.29) is 11.5 Å². The number of aromatic nitrogens is 1. The van der Waals surface area contributed by atoms with Gasteiger partial charge in [-0.1, -0.05) is 22.9 Å². The second-order valence-corrected chi connectivity index (χ2v) is 4.14. The largest absolute Gasteiger partial charge is 0.416 e. The molecule has 0 bridgehead atoms. The molecule has 0 aliphatic carbocycles. The van der Waals surface area contributed by atoms with Gasteiger partial charge in [0.2, 0.25) is 0 Å². The molecule has 15 heavy (non-hydrogen) atoms. The molecule has 5 heteroatoms. The smallest absolute Gasteiger partial charge is 0.264 e. The Hall–Kier alpha value is -0.580. The summed E-state index contributed by atoms with van der Waals surface area (Å²) in [6.45, 7) is 1.89. The standard InChI is InChI=1S/C10H11BrF3N/c1-7(5-11)4-8-6-15-3-2-9(8)10(12,13)14/h2-3,6-7H,4-5H2,1H3. The van der Waals surface area contributed by atoms with Crippen LogP contribution in [0.15, 0.2) is 18.5 Å². The summed E-state index contributed by atoms with van der Waals surface area (Å²) in [4.78, 5) is 3.73. The Balaban J connectivity index is 2.97. The van der Waals surface area contributed by atoms with Gasteiger partial charge >= 0.3 is 6.18 Å². The molecule has 1 atom stereocenters. The molecule has 0 N–H and O–H groups in total. The van der Waals surface area contributed by atoms with Crippen molar-refractivity contribution >= 4 is 15.9 Å². The summed E-state index contributed by atoms with van der Waals surface area (Å²) in [7, 11) is 0. The van der Waals surface area contributed by atoms with Crippen LogP contribution in [0.1, 0.15) is 18.1 Å². The van der Waals surface area contributed by atoms with Crippen LogP contribution in [-0.4, -0.2) is 10.3 Å². The summed E-state index contributed by atoms with van der Waals surface area (Å²) in [6, 6.07) is 1.02. The van der Waals surface area contributed by atoms with Crippen LogP contribution >= 0.6 is 15.9 Å². The van der Waals surface area contributed by atoms with Crippen LogP contribution in [0, 0.1) is 5.92 Å². The highest BCUT2D eigenvalue weighted by Crippen LogP contribution is 2.32. The highest BCUT2D eigenvalue weighted by Gasteiger charge is 2.33. The van der Waals surface area contributed by atoms with Crippen molar-refractivity contribution in [2.45, 2.75) is 19.5 Å². The van der Waals surface area contributed by atoms with Crippen molar-refractivity contribution in [2.24, 2.45) is 5.92 Å². The second-order valence-electron chi connectivity index (χ2n) is 3.49. The summed E-state index contributed by atoms with van der Waals surface area (Å²) in [5.41, 5.74) is -0.317. The molecular weight excluding hydrogens is 271 g/mol. The Morgan fingerprint density at radius 1 is 1.47 bits per heavy atom. The molecule has 0 aliphatic heterocycles. The van der Waals surface area contributed by atoms with E-state index in [4.69, 9.17) is 0 Å². The average molecular weight is 282 g/mol. The highest BCUT2D eigenvalue weighted by atomic mass is 79.9. The lowest BCUT2D eigenvalue weighted by Crippen LogP contribution is -2.12. The maximum Gasteiger partial charge on any atom is 0.416 e. The minimum Gasteiger partial charge on any atom is -0.264 e. The zero-order valence-electron chi connectivity index (χ0n) is 8.18. The number of halogens is 4. The molecule has 0 saturated heterocycles. The predicted octanol–water partition coefficient (Wildman–Crippen LogP) is 3.67. The third-order valence-corrected chi connectivity index (χ3v) is 3.15. The van der Waals surface area contributed by atoms with E-state index in [1.165, 1.54) is 12.4 Å². The quantitative estimate of drug-likeness (QED) is 0.771. The molecule has 1 rings (SSSR count). The third-order valence-electron chi connectivity index (χ3n) is 2.04. The molecule has 0 spiro atoms. The van der Waals surface area contributed by atoms with E-state index in [0.29, 0.717) is 11.8 Å². The van der Waals surface area contributed by atoms with Gasteiger partial charge in [-0.05, 0) is 24.0 Å². The number of rotatable bonds is 3. The van der Waals surface area contributed by atoms with E-state index < -0.39 is 11.7 Å². The normalized spacial score (nSPS) is 13.9. The van der Waals surface area contributed by atoms with Gasteiger partial charge in [0.05, 0.1) is 5.56 Å². The zero-order valence-corrected chi connectivity index (χ0v) is 9.77. The van der Waals surface area contributed by atoms with E-state index >= 15 is 0 Å². The molecule has 0 aliphatic rings. The van der Waals surface area contributed by atoms with Crippen LogP contribution in [0.2, 0.25) is 0 Å². The molecule has 84 valence electrons. The molecule has 0 fully saturated rings. The minimum absolute atomic E-state index is 0.162. The molecule has 0 amide bonds. The maximum atomic E-state index is 12.6. The Morgan fingerprint density at radius 2 is 2.13 bits per heavy atom. The van der Waals surface area contributed by atoms with E-state index in [1.54, 1.807) is 0 Å². The molecule has 1 heterocycles. The van der Waals surface area contributed by atoms with Crippen molar-refractivity contribution in [3.63, 3.8) is 0 Å². The van der Waals surface area contributed by atoms with Gasteiger partial charge in [-0.15, -0.1) is 0 Å². The molecule has 1 aromatic heterocycles. The second kappa shape index (κ2) is 4.96. The lowest BCUT2D eigenvalue weighted by molar-refractivity contribution is -0.138. The van der Waals surface area contributed by atoms with Crippen molar-refractivity contribution in [3.8, 4) is 0 Å². The first kappa shape index (κ1) is 12.5. The summed E-state index contributed by atoms with van der Waals surface area (Å²) < 4.78 is 37.7. The predicted molar refractivity (Wildman–Crippen MR) is 55.9 cm³/mol. The monoisotopic (exact) mass is 281 g/mol. The number of hydrogen-bond acceptors (Lipinski definition) is 1. The highest BCUT2D eigenvalue weighted by molar-refractivity contribution is 9.09. The van der Waals surface area contributed by atoms with E-state index in [1.807, 2.05) is 6.92 Å². The fourth-order valence-electron chi connectivity index (χ4n) is 1.30. The van der Waals surface area contributed by atoms with Crippen LogP contribution in [0.25, 0.3) is 0 Å². The molecule has 0 aromatic carbocycles. The van der Waals surface area contributed by atoms with Gasteiger partial charge in [0.25, 0.3) is 0 Å². The number of alkyl halides is 4. The first-order chi connectivity index (χ1) is 6.95. The molecule has 1 nitrogen and oxygen atoms in total. The van der Waals surface area contributed by atoms with Gasteiger partial charge in [0, 0.05) is 17.7 Å². The SMILES string of the molecule is CC(CBr)Cc1cnccc1C(F)(F)F. The number of nitrogens with zero attached hydrogens (tertiary/aromatic N) is 1. The Labute approximate surface area is 94.8 Å². The molecule has 0 saturated carbocycles. The Morgan fingerprint density at radius 3 is 2.67 bits per heavy atom. The van der Waals surface area contributed by atoms with E-state index in [2.05, 4.69) is 20.9 Å². The summed E-state index contributed by atoms with van der Waals surface area (Å²) in [5.74, 6) is 0.162. The van der Waals surface area contributed by atoms with Gasteiger partial charge in [-0.25, -0.2) is 0 Å². The fraction of sp³-hybridized carbons (Fsp3) is 0.500. The Kier molecular flexibility index (Phi) is 4.13. The van der Waals surface area contributed by atoms with Crippen LogP contribution in [0.4, 0.5) is 13.2 Å². The van der Waals surface area contributed by atoms with Crippen molar-refractivity contribution in [3.05, 3.63) is 29.6 Å². The lowest BCUT2D eigenvalue weighted by atomic mass is 10.00. The molecule has 0 radical (unpaired) electrons. The third kappa shape index (κ3) is 3.48. The molecular formula is C10H11BrF3N. The van der Waals surface area contributed by atoms with Crippen molar-refractivity contribution in [1.82, 2.24) is 4.98 Å². The van der Waals surface area contributed by atoms with Gasteiger partial charge in [-0.2, -0.15) is 13.2 Å². The fourth-order valence-corrected chi connectivity index (χ4v) is 1.53. The van der Waals surface area contributed by atoms with Gasteiger partial charge in [-0.3, -0.25) is 4.98 Å². The number of hydrogen-bond donors (Lipinski definition) is 0. The van der Waals surface area contributed by atoms with Crippen LogP contribution in [-0.2, 0) is 12.6 Å². The van der Waals surface area contributed by atoms with Crippen LogP contribution in [0.5, 0.6) is 0 Å². The van der Waals surface area contributed by atoms with Crippen LogP contribution in [0.3, 0.4) is 0 Å². The minimum atomic E-state index is -4.29. The zero-order chi connectivity index (χ0) is 11.5. The average Bonchev–Trinajstić information content (AvgIpc) is 2.17. The van der Waals surface area contributed by atoms with Gasteiger partial charge in [0.15, 0.2) is 0 Å². The van der Waals surface area contributed by atoms with E-state index in [9.17, 15) is 13.2 Å². The van der Waals surface area contributed by atoms with Crippen LogP contribution < -0.4 is 0 Å². The van der Waals surface area contributed by atoms with Gasteiger partial charge < -0.3 is 0 Å². The lowest BCUT2D eigenvalue weighted by Gasteiger charge is -2.14. The van der Waals surface area contributed by atoms with Crippen molar-refractivity contribution in [2.75, 3.05) is 5.33 Å². The first-order valence-electron chi connectivity index (χ1n) is 4.51. The van der Waals surface area contributed by atoms with E-state index in [0.717, 1.165) is 6.07 Å². The van der Waals surface area contributed by atoms with Crippen molar-refractivity contribution < 1.29 is 13.2 Å². The molecule has 1 unspecified atom stereocenters. The first-order valence-corrected chi connectivity index (χ1v) is 5.63. The summed E-state index contributed by atoms with van der Waals surface area (Å²) >= 11 is 3.25.